The Hall–Kier alpha value is -3.88. The number of nitrogens with one attached hydrogen (secondary N) is 1. The Morgan fingerprint density at radius 2 is 1.81 bits per heavy atom. The minimum Gasteiger partial charge on any atom is -0.309 e. The molecule has 0 atom stereocenters. The highest BCUT2D eigenvalue weighted by molar-refractivity contribution is 5.90. The standard InChI is InChI=1S/C22H23N7O2/c1-14-25-16-9-6-5-8-15(16)20(31)28(14)13-19(30)26-18-12-17(22(2,3)4)27-29(18)21-23-10-7-11-24-21/h5-12H,13H2,1-4H3,(H,26,30). The summed E-state index contributed by atoms with van der Waals surface area (Å²) < 4.78 is 2.86. The predicted molar refractivity (Wildman–Crippen MR) is 117 cm³/mol. The Bertz CT molecular complexity index is 1320. The molecule has 1 aromatic carbocycles. The molecule has 0 spiro atoms. The number of carbonyl (C=O) groups excluding carboxylic acids is 1. The van der Waals surface area contributed by atoms with E-state index in [1.165, 1.54) is 9.25 Å². The first-order valence-corrected chi connectivity index (χ1v) is 9.88. The van der Waals surface area contributed by atoms with E-state index < -0.39 is 0 Å². The van der Waals surface area contributed by atoms with Crippen molar-refractivity contribution < 1.29 is 4.79 Å². The van der Waals surface area contributed by atoms with E-state index in [4.69, 9.17) is 0 Å². The van der Waals surface area contributed by atoms with E-state index in [-0.39, 0.29) is 23.4 Å². The average molecular weight is 417 g/mol. The number of rotatable bonds is 4. The van der Waals surface area contributed by atoms with E-state index in [9.17, 15) is 9.59 Å². The highest BCUT2D eigenvalue weighted by Crippen LogP contribution is 2.25. The van der Waals surface area contributed by atoms with Crippen LogP contribution in [0.25, 0.3) is 16.9 Å². The average Bonchev–Trinajstić information content (AvgIpc) is 3.16. The Morgan fingerprint density at radius 1 is 1.10 bits per heavy atom. The van der Waals surface area contributed by atoms with Crippen molar-refractivity contribution in [1.82, 2.24) is 29.3 Å². The fraction of sp³-hybridized carbons (Fsp3) is 0.273. The zero-order chi connectivity index (χ0) is 22.2. The van der Waals surface area contributed by atoms with Crippen molar-refractivity contribution in [3.8, 4) is 5.95 Å². The number of nitrogens with zero attached hydrogens (tertiary/aromatic N) is 6. The van der Waals surface area contributed by atoms with Gasteiger partial charge in [0.05, 0.1) is 16.6 Å². The van der Waals surface area contributed by atoms with Crippen LogP contribution < -0.4 is 10.9 Å². The molecule has 1 N–H and O–H groups in total. The highest BCUT2D eigenvalue weighted by Gasteiger charge is 2.22. The second-order valence-corrected chi connectivity index (χ2v) is 8.24. The molecule has 31 heavy (non-hydrogen) atoms. The summed E-state index contributed by atoms with van der Waals surface area (Å²) in [5.74, 6) is 0.864. The van der Waals surface area contributed by atoms with Crippen LogP contribution in [0.2, 0.25) is 0 Å². The lowest BCUT2D eigenvalue weighted by Crippen LogP contribution is -2.30. The maximum Gasteiger partial charge on any atom is 0.261 e. The van der Waals surface area contributed by atoms with Crippen molar-refractivity contribution in [2.75, 3.05) is 5.32 Å². The number of anilines is 1. The molecule has 1 amide bonds. The van der Waals surface area contributed by atoms with Crippen molar-refractivity contribution in [1.29, 1.82) is 0 Å². The predicted octanol–water partition coefficient (Wildman–Crippen LogP) is 2.62. The number of carbonyl (C=O) groups is 1. The number of benzene rings is 1. The molecule has 4 aromatic rings. The molecule has 0 saturated carbocycles. The van der Waals surface area contributed by atoms with Gasteiger partial charge in [0.15, 0.2) is 0 Å². The highest BCUT2D eigenvalue weighted by atomic mass is 16.2. The zero-order valence-corrected chi connectivity index (χ0v) is 17.8. The zero-order valence-electron chi connectivity index (χ0n) is 17.8. The van der Waals surface area contributed by atoms with E-state index in [0.717, 1.165) is 5.69 Å². The van der Waals surface area contributed by atoms with Gasteiger partial charge in [0.25, 0.3) is 11.5 Å². The van der Waals surface area contributed by atoms with E-state index in [1.807, 2.05) is 26.8 Å². The first-order chi connectivity index (χ1) is 14.7. The molecule has 158 valence electrons. The molecule has 0 aliphatic rings. The number of aromatic nitrogens is 6. The second kappa shape index (κ2) is 7.75. The third-order valence-corrected chi connectivity index (χ3v) is 4.84. The van der Waals surface area contributed by atoms with Crippen LogP contribution >= 0.6 is 0 Å². The molecule has 9 nitrogen and oxygen atoms in total. The van der Waals surface area contributed by atoms with Crippen LogP contribution in [0.15, 0.2) is 53.6 Å². The van der Waals surface area contributed by atoms with Crippen LogP contribution in [0.3, 0.4) is 0 Å². The minimum absolute atomic E-state index is 0.172. The van der Waals surface area contributed by atoms with Gasteiger partial charge in [-0.05, 0) is 25.1 Å². The van der Waals surface area contributed by atoms with Crippen molar-refractivity contribution in [2.24, 2.45) is 0 Å². The third kappa shape index (κ3) is 4.07. The molecule has 0 aliphatic heterocycles. The fourth-order valence-electron chi connectivity index (χ4n) is 3.18. The van der Waals surface area contributed by atoms with Gasteiger partial charge in [-0.2, -0.15) is 9.78 Å². The number of para-hydroxylation sites is 1. The minimum atomic E-state index is -0.375. The van der Waals surface area contributed by atoms with Crippen LogP contribution in [-0.4, -0.2) is 35.2 Å². The quantitative estimate of drug-likeness (QED) is 0.547. The van der Waals surface area contributed by atoms with Crippen molar-refractivity contribution in [2.45, 2.75) is 39.7 Å². The van der Waals surface area contributed by atoms with E-state index in [0.29, 0.717) is 28.5 Å². The molecular formula is C22H23N7O2. The van der Waals surface area contributed by atoms with Gasteiger partial charge in [0.2, 0.25) is 5.91 Å². The van der Waals surface area contributed by atoms with Crippen LogP contribution in [0, 0.1) is 6.92 Å². The third-order valence-electron chi connectivity index (χ3n) is 4.84. The maximum atomic E-state index is 12.9. The van der Waals surface area contributed by atoms with Gasteiger partial charge in [0.1, 0.15) is 18.2 Å². The Labute approximate surface area is 178 Å². The lowest BCUT2D eigenvalue weighted by molar-refractivity contribution is -0.116. The first-order valence-electron chi connectivity index (χ1n) is 9.88. The van der Waals surface area contributed by atoms with Gasteiger partial charge in [-0.3, -0.25) is 14.2 Å². The molecule has 0 saturated heterocycles. The number of hydrogen-bond acceptors (Lipinski definition) is 6. The summed E-state index contributed by atoms with van der Waals surface area (Å²) in [7, 11) is 0. The maximum absolute atomic E-state index is 12.9. The molecular weight excluding hydrogens is 394 g/mol. The fourth-order valence-corrected chi connectivity index (χ4v) is 3.18. The van der Waals surface area contributed by atoms with Crippen LogP contribution in [0.1, 0.15) is 32.3 Å². The van der Waals surface area contributed by atoms with Crippen LogP contribution in [0.5, 0.6) is 0 Å². The molecule has 3 heterocycles. The van der Waals surface area contributed by atoms with E-state index in [2.05, 4.69) is 25.4 Å². The molecule has 0 fully saturated rings. The van der Waals surface area contributed by atoms with Gasteiger partial charge in [-0.15, -0.1) is 0 Å². The van der Waals surface area contributed by atoms with Gasteiger partial charge in [-0.25, -0.2) is 15.0 Å². The Balaban J connectivity index is 1.67. The molecule has 0 bridgehead atoms. The summed E-state index contributed by atoms with van der Waals surface area (Å²) >= 11 is 0. The number of fused-ring (bicyclic) bond motifs is 1. The van der Waals surface area contributed by atoms with Gasteiger partial charge in [-0.1, -0.05) is 32.9 Å². The molecule has 4 rings (SSSR count). The van der Waals surface area contributed by atoms with Gasteiger partial charge < -0.3 is 5.32 Å². The molecule has 0 radical (unpaired) electrons. The monoisotopic (exact) mass is 417 g/mol. The lowest BCUT2D eigenvalue weighted by Gasteiger charge is -2.13. The SMILES string of the molecule is Cc1nc2ccccc2c(=O)n1CC(=O)Nc1cc(C(C)(C)C)nn1-c1ncccn1. The van der Waals surface area contributed by atoms with Gasteiger partial charge >= 0.3 is 0 Å². The molecule has 3 aromatic heterocycles. The summed E-state index contributed by atoms with van der Waals surface area (Å²) in [6.07, 6.45) is 3.21. The van der Waals surface area contributed by atoms with Crippen LogP contribution in [0.4, 0.5) is 5.82 Å². The normalized spacial score (nSPS) is 11.6. The topological polar surface area (TPSA) is 108 Å². The van der Waals surface area contributed by atoms with Crippen molar-refractivity contribution >= 4 is 22.6 Å². The smallest absolute Gasteiger partial charge is 0.261 e. The van der Waals surface area contributed by atoms with E-state index >= 15 is 0 Å². The van der Waals surface area contributed by atoms with Crippen LogP contribution in [-0.2, 0) is 16.8 Å². The largest absolute Gasteiger partial charge is 0.309 e. The Morgan fingerprint density at radius 3 is 2.52 bits per heavy atom. The number of aryl methyl sites for hydroxylation is 1. The lowest BCUT2D eigenvalue weighted by atomic mass is 9.92. The molecule has 0 unspecified atom stereocenters. The number of hydrogen-bond donors (Lipinski definition) is 1. The number of amides is 1. The summed E-state index contributed by atoms with van der Waals surface area (Å²) in [5.41, 5.74) is 0.884. The van der Waals surface area contributed by atoms with Gasteiger partial charge in [0, 0.05) is 23.9 Å². The first kappa shape index (κ1) is 20.4. The summed E-state index contributed by atoms with van der Waals surface area (Å²) in [5, 5.41) is 7.90. The van der Waals surface area contributed by atoms with Crippen molar-refractivity contribution in [3.63, 3.8) is 0 Å². The van der Waals surface area contributed by atoms with E-state index in [1.54, 1.807) is 49.6 Å². The Kier molecular flexibility index (Phi) is 5.10. The second-order valence-electron chi connectivity index (χ2n) is 8.24. The van der Waals surface area contributed by atoms with Crippen molar-refractivity contribution in [3.05, 3.63) is 70.7 Å². The summed E-state index contributed by atoms with van der Waals surface area (Å²) in [6.45, 7) is 7.62. The summed E-state index contributed by atoms with van der Waals surface area (Å²) in [6, 6.07) is 10.6. The summed E-state index contributed by atoms with van der Waals surface area (Å²) in [4.78, 5) is 38.7. The molecule has 9 heteroatoms. The molecule has 0 aliphatic carbocycles.